The SMILES string of the molecule is CS(=O)(=O)CCNS(=O)(=O)N1CCCC(C(=O)O)C1. The molecule has 0 aliphatic carbocycles. The average molecular weight is 314 g/mol. The Balaban J connectivity index is 2.59. The summed E-state index contributed by atoms with van der Waals surface area (Å²) in [6.07, 6.45) is 1.94. The van der Waals surface area contributed by atoms with Crippen LogP contribution in [0.4, 0.5) is 0 Å². The van der Waals surface area contributed by atoms with Crippen molar-refractivity contribution in [3.05, 3.63) is 0 Å². The first-order chi connectivity index (χ1) is 8.62. The number of hydrogen-bond acceptors (Lipinski definition) is 5. The molecule has 2 N–H and O–H groups in total. The van der Waals surface area contributed by atoms with Gasteiger partial charge in [0.05, 0.1) is 11.7 Å². The van der Waals surface area contributed by atoms with E-state index < -0.39 is 31.9 Å². The molecule has 0 spiro atoms. The second kappa shape index (κ2) is 6.16. The molecule has 0 aromatic rings. The van der Waals surface area contributed by atoms with Crippen molar-refractivity contribution in [2.75, 3.05) is 31.6 Å². The summed E-state index contributed by atoms with van der Waals surface area (Å²) in [5, 5.41) is 8.88. The molecule has 8 nitrogen and oxygen atoms in total. The van der Waals surface area contributed by atoms with Gasteiger partial charge in [0.15, 0.2) is 0 Å². The Labute approximate surface area is 112 Å². The van der Waals surface area contributed by atoms with Gasteiger partial charge < -0.3 is 5.11 Å². The summed E-state index contributed by atoms with van der Waals surface area (Å²) in [6, 6.07) is 0. The van der Waals surface area contributed by atoms with E-state index in [9.17, 15) is 21.6 Å². The highest BCUT2D eigenvalue weighted by Crippen LogP contribution is 2.18. The van der Waals surface area contributed by atoms with Crippen LogP contribution < -0.4 is 4.72 Å². The number of sulfone groups is 1. The molecule has 1 unspecified atom stereocenters. The Bertz CT molecular complexity index is 527. The molecule has 1 rings (SSSR count). The lowest BCUT2D eigenvalue weighted by atomic mass is 10.0. The van der Waals surface area contributed by atoms with Crippen LogP contribution in [-0.2, 0) is 24.8 Å². The van der Waals surface area contributed by atoms with Gasteiger partial charge in [0, 0.05) is 25.9 Å². The minimum Gasteiger partial charge on any atom is -0.481 e. The molecule has 1 aliphatic rings. The minimum absolute atomic E-state index is 0.0798. The largest absolute Gasteiger partial charge is 0.481 e. The van der Waals surface area contributed by atoms with Crippen molar-refractivity contribution in [3.63, 3.8) is 0 Å². The van der Waals surface area contributed by atoms with Gasteiger partial charge in [-0.15, -0.1) is 0 Å². The van der Waals surface area contributed by atoms with Crippen molar-refractivity contribution in [2.24, 2.45) is 5.92 Å². The number of nitrogens with one attached hydrogen (secondary N) is 1. The van der Waals surface area contributed by atoms with Crippen LogP contribution in [0.25, 0.3) is 0 Å². The van der Waals surface area contributed by atoms with Crippen LogP contribution in [0, 0.1) is 5.92 Å². The highest BCUT2D eigenvalue weighted by atomic mass is 32.2. The zero-order chi connectivity index (χ0) is 14.7. The van der Waals surface area contributed by atoms with Crippen molar-refractivity contribution >= 4 is 26.0 Å². The topological polar surface area (TPSA) is 121 Å². The van der Waals surface area contributed by atoms with E-state index in [0.29, 0.717) is 12.8 Å². The normalized spacial score (nSPS) is 22.3. The molecule has 0 bridgehead atoms. The molecule has 0 radical (unpaired) electrons. The predicted molar refractivity (Wildman–Crippen MR) is 68.6 cm³/mol. The van der Waals surface area contributed by atoms with Crippen LogP contribution >= 0.6 is 0 Å². The number of carboxylic acid groups (broad SMARTS) is 1. The summed E-state index contributed by atoms with van der Waals surface area (Å²) in [5.41, 5.74) is 0. The van der Waals surface area contributed by atoms with Gasteiger partial charge in [0.2, 0.25) is 0 Å². The van der Waals surface area contributed by atoms with Gasteiger partial charge in [-0.05, 0) is 12.8 Å². The smallest absolute Gasteiger partial charge is 0.307 e. The Kier molecular flexibility index (Phi) is 5.30. The third-order valence-corrected chi connectivity index (χ3v) is 5.36. The standard InChI is InChI=1S/C9H18N2O6S2/c1-18(14,15)6-4-10-19(16,17)11-5-2-3-8(7-11)9(12)13/h8,10H,2-7H2,1H3,(H,12,13). The number of carboxylic acids is 1. The maximum Gasteiger partial charge on any atom is 0.307 e. The maximum atomic E-state index is 11.9. The Morgan fingerprint density at radius 3 is 2.53 bits per heavy atom. The summed E-state index contributed by atoms with van der Waals surface area (Å²) in [5.74, 6) is -2.01. The molecule has 0 aromatic heterocycles. The molecule has 1 fully saturated rings. The molecule has 1 aliphatic heterocycles. The zero-order valence-corrected chi connectivity index (χ0v) is 12.2. The highest BCUT2D eigenvalue weighted by molar-refractivity contribution is 7.90. The third-order valence-electron chi connectivity index (χ3n) is 2.83. The summed E-state index contributed by atoms with van der Waals surface area (Å²) in [7, 11) is -7.06. The van der Waals surface area contributed by atoms with Crippen LogP contribution in [0.1, 0.15) is 12.8 Å². The van der Waals surface area contributed by atoms with Crippen molar-refractivity contribution in [1.29, 1.82) is 0 Å². The van der Waals surface area contributed by atoms with Crippen molar-refractivity contribution in [2.45, 2.75) is 12.8 Å². The van der Waals surface area contributed by atoms with Crippen molar-refractivity contribution in [1.82, 2.24) is 9.03 Å². The van der Waals surface area contributed by atoms with Gasteiger partial charge in [-0.3, -0.25) is 4.79 Å². The Hall–Kier alpha value is -0.710. The quantitative estimate of drug-likeness (QED) is 0.626. The molecule has 19 heavy (non-hydrogen) atoms. The van der Waals surface area contributed by atoms with Crippen LogP contribution in [-0.4, -0.2) is 63.9 Å². The van der Waals surface area contributed by atoms with Gasteiger partial charge in [0.1, 0.15) is 9.84 Å². The number of rotatable bonds is 6. The first-order valence-electron chi connectivity index (χ1n) is 5.77. The van der Waals surface area contributed by atoms with E-state index in [1.165, 1.54) is 0 Å². The van der Waals surface area contributed by atoms with Gasteiger partial charge >= 0.3 is 5.97 Å². The molecule has 1 saturated heterocycles. The molecule has 1 heterocycles. The second-order valence-corrected chi connectivity index (χ2v) is 8.58. The summed E-state index contributed by atoms with van der Waals surface area (Å²) in [4.78, 5) is 10.9. The summed E-state index contributed by atoms with van der Waals surface area (Å²) in [6.45, 7) is -0.0447. The first-order valence-corrected chi connectivity index (χ1v) is 9.27. The van der Waals surface area contributed by atoms with Crippen molar-refractivity contribution < 1.29 is 26.7 Å². The lowest BCUT2D eigenvalue weighted by molar-refractivity contribution is -0.142. The van der Waals surface area contributed by atoms with E-state index in [2.05, 4.69) is 4.72 Å². The monoisotopic (exact) mass is 314 g/mol. The molecular weight excluding hydrogens is 296 g/mol. The lowest BCUT2D eigenvalue weighted by Crippen LogP contribution is -2.48. The van der Waals surface area contributed by atoms with E-state index in [-0.39, 0.29) is 25.4 Å². The molecule has 0 aromatic carbocycles. The van der Waals surface area contributed by atoms with Gasteiger partial charge in [-0.25, -0.2) is 13.1 Å². The fourth-order valence-corrected chi connectivity index (χ4v) is 3.70. The first kappa shape index (κ1) is 16.3. The number of hydrogen-bond donors (Lipinski definition) is 2. The predicted octanol–water partition coefficient (Wildman–Crippen LogP) is -1.34. The number of aliphatic carboxylic acids is 1. The van der Waals surface area contributed by atoms with E-state index >= 15 is 0 Å². The van der Waals surface area contributed by atoms with Gasteiger partial charge in [-0.2, -0.15) is 12.7 Å². The Morgan fingerprint density at radius 1 is 1.37 bits per heavy atom. The summed E-state index contributed by atoms with van der Waals surface area (Å²) < 4.78 is 48.8. The number of nitrogens with zero attached hydrogens (tertiary/aromatic N) is 1. The fourth-order valence-electron chi connectivity index (χ4n) is 1.81. The van der Waals surface area contributed by atoms with E-state index in [1.807, 2.05) is 0 Å². The summed E-state index contributed by atoms with van der Waals surface area (Å²) >= 11 is 0. The molecule has 0 saturated carbocycles. The molecule has 10 heteroatoms. The molecule has 0 amide bonds. The lowest BCUT2D eigenvalue weighted by Gasteiger charge is -2.29. The van der Waals surface area contributed by atoms with Crippen LogP contribution in [0.2, 0.25) is 0 Å². The van der Waals surface area contributed by atoms with Crippen LogP contribution in [0.15, 0.2) is 0 Å². The van der Waals surface area contributed by atoms with Gasteiger partial charge in [-0.1, -0.05) is 0 Å². The van der Waals surface area contributed by atoms with Crippen molar-refractivity contribution in [3.8, 4) is 0 Å². The minimum atomic E-state index is -3.82. The van der Waals surface area contributed by atoms with Crippen LogP contribution in [0.5, 0.6) is 0 Å². The van der Waals surface area contributed by atoms with E-state index in [4.69, 9.17) is 5.11 Å². The van der Waals surface area contributed by atoms with E-state index in [0.717, 1.165) is 10.6 Å². The van der Waals surface area contributed by atoms with Gasteiger partial charge in [0.25, 0.3) is 10.2 Å². The zero-order valence-electron chi connectivity index (χ0n) is 10.6. The average Bonchev–Trinajstić information content (AvgIpc) is 2.27. The number of piperidine rings is 1. The van der Waals surface area contributed by atoms with E-state index in [1.54, 1.807) is 0 Å². The molecular formula is C9H18N2O6S2. The maximum absolute atomic E-state index is 11.9. The van der Waals surface area contributed by atoms with Crippen LogP contribution in [0.3, 0.4) is 0 Å². The Morgan fingerprint density at radius 2 is 2.00 bits per heavy atom. The molecule has 1 atom stereocenters. The number of carbonyl (C=O) groups is 1. The molecule has 112 valence electrons. The fraction of sp³-hybridized carbons (Fsp3) is 0.889. The highest BCUT2D eigenvalue weighted by Gasteiger charge is 2.31. The third kappa shape index (κ3) is 5.43. The second-order valence-electron chi connectivity index (χ2n) is 4.56.